The van der Waals surface area contributed by atoms with E-state index in [0.717, 1.165) is 12.5 Å². The molecule has 0 radical (unpaired) electrons. The Balaban J connectivity index is 1.59. The molecule has 0 amide bonds. The third-order valence-electron chi connectivity index (χ3n) is 11.1. The number of ether oxygens (including phenoxy) is 2. The van der Waals surface area contributed by atoms with E-state index in [1.807, 2.05) is 61.5 Å². The molecule has 1 unspecified atom stereocenters. The topological polar surface area (TPSA) is 252 Å². The summed E-state index contributed by atoms with van der Waals surface area (Å²) in [6.07, 6.45) is -1.12. The average molecular weight is 951 g/mol. The molecule has 4 N–H and O–H groups in total. The van der Waals surface area contributed by atoms with Crippen LogP contribution in [0.3, 0.4) is 0 Å². The molecular formula is C36H57FN6O13P2SSi2. The molecule has 25 heteroatoms. The summed E-state index contributed by atoms with van der Waals surface area (Å²) in [7, 11) is -10.6. The predicted molar refractivity (Wildman–Crippen MR) is 228 cm³/mol. The van der Waals surface area contributed by atoms with Gasteiger partial charge in [-0.3, -0.25) is 13.9 Å². The first kappa shape index (κ1) is 49.6. The highest BCUT2D eigenvalue weighted by Crippen LogP contribution is 2.56. The van der Waals surface area contributed by atoms with E-state index in [-0.39, 0.29) is 65.7 Å². The molecule has 0 spiro atoms. The van der Waals surface area contributed by atoms with E-state index < -0.39 is 92.7 Å². The normalized spacial score (nSPS) is 25.2. The van der Waals surface area contributed by atoms with Gasteiger partial charge in [0.2, 0.25) is 5.88 Å². The number of nitriles is 1. The van der Waals surface area contributed by atoms with Gasteiger partial charge in [0.25, 0.3) is 5.56 Å². The van der Waals surface area contributed by atoms with Crippen LogP contribution >= 0.6 is 15.0 Å². The first-order valence-corrected chi connectivity index (χ1v) is 28.0. The monoisotopic (exact) mass is 950 g/mol. The molecule has 2 aliphatic rings. The second-order valence-electron chi connectivity index (χ2n) is 16.3. The van der Waals surface area contributed by atoms with Gasteiger partial charge in [-0.1, -0.05) is 55.4 Å². The molecule has 0 bridgehead atoms. The maximum absolute atomic E-state index is 15.6. The molecule has 0 aromatic carbocycles. The number of halogens is 1. The van der Waals surface area contributed by atoms with Gasteiger partial charge in [-0.15, -0.1) is 0 Å². The van der Waals surface area contributed by atoms with Crippen LogP contribution < -0.4 is 10.3 Å². The molecule has 1 saturated carbocycles. The predicted octanol–water partition coefficient (Wildman–Crippen LogP) is 5.64. The lowest BCUT2D eigenvalue weighted by molar-refractivity contribution is -0.0508. The van der Waals surface area contributed by atoms with Crippen LogP contribution in [0.4, 0.5) is 4.39 Å². The van der Waals surface area contributed by atoms with Gasteiger partial charge in [0.15, 0.2) is 17.7 Å². The van der Waals surface area contributed by atoms with Gasteiger partial charge in [0, 0.05) is 30.8 Å². The second kappa shape index (κ2) is 21.1. The van der Waals surface area contributed by atoms with Gasteiger partial charge in [-0.2, -0.15) is 5.26 Å². The van der Waals surface area contributed by atoms with E-state index in [1.54, 1.807) is 6.07 Å². The lowest BCUT2D eigenvalue weighted by Crippen LogP contribution is -2.62. The molecule has 2 fully saturated rings. The first-order valence-electron chi connectivity index (χ1n) is 20.2. The van der Waals surface area contributed by atoms with E-state index >= 15 is 4.39 Å². The SMILES string of the molecule is CC(C)[Si](O)(O[Si](O[C@H]1[C@@H](O[P@](=S)(OCCC#N)OC[C@H]2C[C@@H](Oc3ccncn3)C[C@@H]2O[PH](=O)O)[C@H](n2cc(F)c3c(=O)[nH]cnc32)O[C@@H]1CO)(C(C)C)C(C)C)C(C)C. The summed E-state index contributed by atoms with van der Waals surface area (Å²) in [6.45, 7) is 10.2. The Hall–Kier alpha value is -2.37. The van der Waals surface area contributed by atoms with Crippen LogP contribution in [0.2, 0.25) is 22.2 Å². The Morgan fingerprint density at radius 3 is 2.41 bits per heavy atom. The minimum Gasteiger partial charge on any atom is -0.474 e. The molecule has 1 aliphatic carbocycles. The number of H-pyrrole nitrogens is 1. The Morgan fingerprint density at radius 1 is 1.11 bits per heavy atom. The molecule has 5 rings (SSSR count). The van der Waals surface area contributed by atoms with Gasteiger partial charge in [-0.05, 0) is 40.4 Å². The molecule has 4 heterocycles. The van der Waals surface area contributed by atoms with Crippen LogP contribution in [-0.4, -0.2) is 107 Å². The van der Waals surface area contributed by atoms with E-state index in [1.165, 1.54) is 17.1 Å². The van der Waals surface area contributed by atoms with Crippen molar-refractivity contribution in [2.24, 2.45) is 5.92 Å². The minimum atomic E-state index is -4.05. The van der Waals surface area contributed by atoms with Crippen LogP contribution in [0.5, 0.6) is 5.88 Å². The fourth-order valence-electron chi connectivity index (χ4n) is 7.88. The van der Waals surface area contributed by atoms with Crippen molar-refractivity contribution < 1.29 is 59.9 Å². The molecule has 340 valence electrons. The molecule has 3 aromatic rings. The molecule has 61 heavy (non-hydrogen) atoms. The van der Waals surface area contributed by atoms with Crippen molar-refractivity contribution in [3.63, 3.8) is 0 Å². The highest BCUT2D eigenvalue weighted by atomic mass is 32.5. The highest BCUT2D eigenvalue weighted by molar-refractivity contribution is 8.07. The smallest absolute Gasteiger partial charge is 0.335 e. The van der Waals surface area contributed by atoms with Gasteiger partial charge in [-0.25, -0.2) is 19.3 Å². The van der Waals surface area contributed by atoms with Crippen molar-refractivity contribution >= 4 is 54.9 Å². The van der Waals surface area contributed by atoms with E-state index in [2.05, 4.69) is 19.9 Å². The summed E-state index contributed by atoms with van der Waals surface area (Å²) in [6, 6.07) is 3.58. The summed E-state index contributed by atoms with van der Waals surface area (Å²) in [5.41, 5.74) is -1.89. The summed E-state index contributed by atoms with van der Waals surface area (Å²) in [4.78, 5) is 49.5. The quantitative estimate of drug-likeness (QED) is 0.0540. The van der Waals surface area contributed by atoms with Crippen molar-refractivity contribution in [3.8, 4) is 11.9 Å². The van der Waals surface area contributed by atoms with E-state index in [4.69, 9.17) is 47.9 Å². The maximum atomic E-state index is 15.6. The van der Waals surface area contributed by atoms with Crippen LogP contribution in [-0.2, 0) is 47.7 Å². The summed E-state index contributed by atoms with van der Waals surface area (Å²) in [5.74, 6) is -1.19. The van der Waals surface area contributed by atoms with E-state index in [9.17, 15) is 29.4 Å². The standard InChI is InChI=1S/C36H57FN6O13P2SSi2/c1-21(2)60(48,22(3)4)56-61(23(5)6,24(7)8)55-32-29(17-44)52-36(43-16-27(37)31-34(43)41-20-42-35(31)45)33(32)54-58(59,49-13-9-11-38)50-18-25-14-26(15-28(25)53-57(46)47)51-30-10-12-39-19-40-30/h10,12,16,19-26,28-29,32-33,36,44,48,57H,9,13-15,17-18H2,1-8H3,(H,46,47)(H,41,42,45)/t25-,26-,28+,29-,32-,33-,36-,58+/m1/s1. The van der Waals surface area contributed by atoms with Gasteiger partial charge < -0.3 is 55.9 Å². The van der Waals surface area contributed by atoms with Crippen molar-refractivity contribution in [2.45, 2.75) is 134 Å². The molecule has 19 nitrogen and oxygen atoms in total. The van der Waals surface area contributed by atoms with Crippen molar-refractivity contribution in [2.75, 3.05) is 19.8 Å². The van der Waals surface area contributed by atoms with Crippen LogP contribution in [0.1, 0.15) is 80.9 Å². The van der Waals surface area contributed by atoms with Gasteiger partial charge >= 0.3 is 32.1 Å². The second-order valence-corrected chi connectivity index (χ2v) is 28.7. The zero-order valence-electron chi connectivity index (χ0n) is 35.4. The third-order valence-corrected chi connectivity index (χ3v) is 23.7. The molecule has 1 aliphatic heterocycles. The fourth-order valence-corrected chi connectivity index (χ4v) is 20.5. The van der Waals surface area contributed by atoms with Crippen LogP contribution in [0.25, 0.3) is 11.0 Å². The number of fused-ring (bicyclic) bond motifs is 1. The number of aliphatic hydroxyl groups is 1. The molecule has 1 saturated heterocycles. The molecular weight excluding hydrogens is 894 g/mol. The summed E-state index contributed by atoms with van der Waals surface area (Å²) >= 11 is 6.06. The first-order chi connectivity index (χ1) is 28.8. The number of aliphatic hydroxyl groups excluding tert-OH is 1. The number of rotatable bonds is 22. The minimum absolute atomic E-state index is 0.106. The van der Waals surface area contributed by atoms with Gasteiger partial charge in [0.05, 0.1) is 44.7 Å². The lowest BCUT2D eigenvalue weighted by Gasteiger charge is -2.47. The van der Waals surface area contributed by atoms with Crippen molar-refractivity contribution in [1.29, 1.82) is 5.26 Å². The highest BCUT2D eigenvalue weighted by Gasteiger charge is 2.60. The zero-order chi connectivity index (χ0) is 44.9. The zero-order valence-corrected chi connectivity index (χ0v) is 40.1. The van der Waals surface area contributed by atoms with Gasteiger partial charge in [0.1, 0.15) is 36.1 Å². The van der Waals surface area contributed by atoms with Crippen LogP contribution in [0, 0.1) is 23.1 Å². The number of aromatic nitrogens is 5. The lowest BCUT2D eigenvalue weighted by atomic mass is 10.1. The maximum Gasteiger partial charge on any atom is 0.335 e. The Kier molecular flexibility index (Phi) is 17.2. The Morgan fingerprint density at radius 2 is 1.82 bits per heavy atom. The number of aromatic amines is 1. The molecule has 3 aromatic heterocycles. The molecule has 9 atom stereocenters. The third kappa shape index (κ3) is 11.3. The number of nitrogens with one attached hydrogen (secondary N) is 1. The van der Waals surface area contributed by atoms with Crippen LogP contribution in [0.15, 0.2) is 35.9 Å². The number of hydrogen-bond donors (Lipinski definition) is 4. The largest absolute Gasteiger partial charge is 0.474 e. The average Bonchev–Trinajstić information content (AvgIpc) is 3.85. The van der Waals surface area contributed by atoms with Crippen molar-refractivity contribution in [1.82, 2.24) is 24.5 Å². The van der Waals surface area contributed by atoms with Crippen molar-refractivity contribution in [3.05, 3.63) is 47.3 Å². The fraction of sp³-hybridized carbons (Fsp3) is 0.694. The Labute approximate surface area is 361 Å². The summed E-state index contributed by atoms with van der Waals surface area (Å²) in [5, 5.41) is 20.0. The Bertz CT molecular complexity index is 2090. The summed E-state index contributed by atoms with van der Waals surface area (Å²) < 4.78 is 80.2. The number of hydrogen-bond acceptors (Lipinski definition) is 17. The number of nitrogens with zero attached hydrogens (tertiary/aromatic N) is 5. The van der Waals surface area contributed by atoms with E-state index in [0.29, 0.717) is 5.88 Å².